The number of benzene rings is 1. The molecule has 1 aliphatic rings. The van der Waals surface area contributed by atoms with Crippen molar-refractivity contribution in [2.75, 3.05) is 6.54 Å². The highest BCUT2D eigenvalue weighted by Crippen LogP contribution is 2.26. The quantitative estimate of drug-likeness (QED) is 0.847. The van der Waals surface area contributed by atoms with Crippen LogP contribution < -0.4 is 4.72 Å². The number of aryl methyl sites for hydroxylation is 1. The van der Waals surface area contributed by atoms with Gasteiger partial charge in [0.25, 0.3) is 0 Å². The van der Waals surface area contributed by atoms with E-state index in [1.54, 1.807) is 0 Å². The molecule has 1 fully saturated rings. The monoisotopic (exact) mass is 311 g/mol. The second-order valence-corrected chi connectivity index (χ2v) is 7.87. The minimum absolute atomic E-state index is 0.0356. The standard InChI is InChI=1S/C16H25NO3S/c1-13-6-5-7-14(10-13)12-21(19,20)17-11-16(18)15-8-3-2-4-9-15/h5-7,10,15-18H,2-4,8-9,11-12H2,1H3/t16-/m1/s1. The number of rotatable bonds is 6. The zero-order valence-corrected chi connectivity index (χ0v) is 13.4. The molecule has 1 saturated carbocycles. The van der Waals surface area contributed by atoms with E-state index in [1.807, 2.05) is 31.2 Å². The van der Waals surface area contributed by atoms with Crippen LogP contribution in [0.4, 0.5) is 0 Å². The van der Waals surface area contributed by atoms with Gasteiger partial charge in [0.2, 0.25) is 10.0 Å². The van der Waals surface area contributed by atoms with Crippen LogP contribution in [-0.2, 0) is 15.8 Å². The fourth-order valence-corrected chi connectivity index (χ4v) is 4.12. The van der Waals surface area contributed by atoms with Gasteiger partial charge in [0.05, 0.1) is 11.9 Å². The van der Waals surface area contributed by atoms with Gasteiger partial charge in [0.1, 0.15) is 0 Å². The first-order chi connectivity index (χ1) is 9.96. The van der Waals surface area contributed by atoms with Crippen molar-refractivity contribution in [3.63, 3.8) is 0 Å². The molecule has 0 aliphatic heterocycles. The first-order valence-electron chi connectivity index (χ1n) is 7.67. The van der Waals surface area contributed by atoms with E-state index in [2.05, 4.69) is 4.72 Å². The van der Waals surface area contributed by atoms with Gasteiger partial charge in [-0.05, 0) is 31.2 Å². The van der Waals surface area contributed by atoms with Gasteiger partial charge in [0.15, 0.2) is 0 Å². The summed E-state index contributed by atoms with van der Waals surface area (Å²) in [6.07, 6.45) is 4.93. The molecule has 2 rings (SSSR count). The van der Waals surface area contributed by atoms with E-state index in [0.29, 0.717) is 0 Å². The summed E-state index contributed by atoms with van der Waals surface area (Å²) in [5.41, 5.74) is 1.82. The lowest BCUT2D eigenvalue weighted by atomic mass is 9.85. The van der Waals surface area contributed by atoms with Crippen LogP contribution in [0.1, 0.15) is 43.2 Å². The fourth-order valence-electron chi connectivity index (χ4n) is 2.97. The lowest BCUT2D eigenvalue weighted by molar-refractivity contribution is 0.0888. The number of aliphatic hydroxyl groups excluding tert-OH is 1. The second-order valence-electron chi connectivity index (χ2n) is 6.06. The molecule has 0 amide bonds. The van der Waals surface area contributed by atoms with Crippen molar-refractivity contribution in [3.8, 4) is 0 Å². The van der Waals surface area contributed by atoms with Crippen LogP contribution in [0.15, 0.2) is 24.3 Å². The molecule has 2 N–H and O–H groups in total. The predicted molar refractivity (Wildman–Crippen MR) is 84.4 cm³/mol. The van der Waals surface area contributed by atoms with Crippen LogP contribution in [-0.4, -0.2) is 26.2 Å². The molecule has 0 aromatic heterocycles. The molecule has 1 aromatic rings. The minimum atomic E-state index is -3.40. The number of hydrogen-bond acceptors (Lipinski definition) is 3. The van der Waals surface area contributed by atoms with Gasteiger partial charge in [-0.25, -0.2) is 13.1 Å². The highest BCUT2D eigenvalue weighted by Gasteiger charge is 2.23. The molecule has 1 aliphatic carbocycles. The Morgan fingerprint density at radius 2 is 2.00 bits per heavy atom. The van der Waals surface area contributed by atoms with E-state index in [1.165, 1.54) is 6.42 Å². The molecule has 4 nitrogen and oxygen atoms in total. The summed E-state index contributed by atoms with van der Waals surface area (Å²) in [6, 6.07) is 7.48. The molecule has 118 valence electrons. The molecular weight excluding hydrogens is 286 g/mol. The fraction of sp³-hybridized carbons (Fsp3) is 0.625. The minimum Gasteiger partial charge on any atom is -0.391 e. The number of sulfonamides is 1. The van der Waals surface area contributed by atoms with Crippen molar-refractivity contribution < 1.29 is 13.5 Å². The molecule has 0 unspecified atom stereocenters. The van der Waals surface area contributed by atoms with Crippen molar-refractivity contribution in [3.05, 3.63) is 35.4 Å². The third-order valence-electron chi connectivity index (χ3n) is 4.15. The van der Waals surface area contributed by atoms with Crippen LogP contribution in [0.2, 0.25) is 0 Å². The third kappa shape index (κ3) is 5.41. The normalized spacial score (nSPS) is 18.6. The van der Waals surface area contributed by atoms with Crippen LogP contribution in [0, 0.1) is 12.8 Å². The average molecular weight is 311 g/mol. The smallest absolute Gasteiger partial charge is 0.215 e. The van der Waals surface area contributed by atoms with Crippen molar-refractivity contribution in [2.45, 2.75) is 50.9 Å². The van der Waals surface area contributed by atoms with Gasteiger partial charge in [-0.15, -0.1) is 0 Å². The summed E-state index contributed by atoms with van der Waals surface area (Å²) in [7, 11) is -3.40. The number of hydrogen-bond donors (Lipinski definition) is 2. The van der Waals surface area contributed by atoms with Crippen LogP contribution in [0.5, 0.6) is 0 Å². The predicted octanol–water partition coefficient (Wildman–Crippen LogP) is 2.36. The van der Waals surface area contributed by atoms with Gasteiger partial charge < -0.3 is 5.11 Å². The van der Waals surface area contributed by atoms with Gasteiger partial charge >= 0.3 is 0 Å². The molecule has 1 atom stereocenters. The molecule has 1 aromatic carbocycles. The van der Waals surface area contributed by atoms with E-state index >= 15 is 0 Å². The van der Waals surface area contributed by atoms with Gasteiger partial charge in [-0.3, -0.25) is 0 Å². The summed E-state index contributed by atoms with van der Waals surface area (Å²) < 4.78 is 26.7. The lowest BCUT2D eigenvalue weighted by Gasteiger charge is -2.26. The average Bonchev–Trinajstić information content (AvgIpc) is 2.45. The SMILES string of the molecule is Cc1cccc(CS(=O)(=O)NC[C@@H](O)C2CCCCC2)c1. The second kappa shape index (κ2) is 7.38. The maximum atomic E-state index is 12.1. The molecule has 0 heterocycles. The Morgan fingerprint density at radius 1 is 1.29 bits per heavy atom. The summed E-state index contributed by atoms with van der Waals surface area (Å²) in [5, 5.41) is 10.1. The van der Waals surface area contributed by atoms with E-state index in [-0.39, 0.29) is 18.2 Å². The third-order valence-corrected chi connectivity index (χ3v) is 5.47. The summed E-state index contributed by atoms with van der Waals surface area (Å²) in [5.74, 6) is 0.201. The molecule has 0 bridgehead atoms. The maximum Gasteiger partial charge on any atom is 0.215 e. The molecule has 5 heteroatoms. The largest absolute Gasteiger partial charge is 0.391 e. The molecule has 21 heavy (non-hydrogen) atoms. The number of aliphatic hydroxyl groups is 1. The Hall–Kier alpha value is -0.910. The van der Waals surface area contributed by atoms with Crippen LogP contribution in [0.25, 0.3) is 0 Å². The molecule has 0 saturated heterocycles. The maximum absolute atomic E-state index is 12.1. The van der Waals surface area contributed by atoms with Gasteiger partial charge in [-0.1, -0.05) is 49.1 Å². The Kier molecular flexibility index (Phi) is 5.79. The number of nitrogens with one attached hydrogen (secondary N) is 1. The molecule has 0 spiro atoms. The van der Waals surface area contributed by atoms with E-state index in [4.69, 9.17) is 0 Å². The van der Waals surface area contributed by atoms with Crippen LogP contribution in [0.3, 0.4) is 0 Å². The first-order valence-corrected chi connectivity index (χ1v) is 9.32. The topological polar surface area (TPSA) is 66.4 Å². The van der Waals surface area contributed by atoms with E-state index < -0.39 is 16.1 Å². The summed E-state index contributed by atoms with van der Waals surface area (Å²) in [6.45, 7) is 2.06. The van der Waals surface area contributed by atoms with Gasteiger partial charge in [-0.2, -0.15) is 0 Å². The van der Waals surface area contributed by atoms with Gasteiger partial charge in [0, 0.05) is 6.54 Å². The molecular formula is C16H25NO3S. The molecule has 0 radical (unpaired) electrons. The first kappa shape index (κ1) is 16.5. The summed E-state index contributed by atoms with van der Waals surface area (Å²) >= 11 is 0. The van der Waals surface area contributed by atoms with E-state index in [9.17, 15) is 13.5 Å². The van der Waals surface area contributed by atoms with Crippen molar-refractivity contribution in [1.82, 2.24) is 4.72 Å². The Morgan fingerprint density at radius 3 is 2.67 bits per heavy atom. The van der Waals surface area contributed by atoms with Crippen molar-refractivity contribution in [2.24, 2.45) is 5.92 Å². The van der Waals surface area contributed by atoms with Crippen LogP contribution >= 0.6 is 0 Å². The van der Waals surface area contributed by atoms with Crippen molar-refractivity contribution in [1.29, 1.82) is 0 Å². The highest BCUT2D eigenvalue weighted by molar-refractivity contribution is 7.88. The highest BCUT2D eigenvalue weighted by atomic mass is 32.2. The van der Waals surface area contributed by atoms with E-state index in [0.717, 1.165) is 36.8 Å². The Labute approximate surface area is 127 Å². The lowest BCUT2D eigenvalue weighted by Crippen LogP contribution is -2.37. The zero-order chi connectivity index (χ0) is 15.3. The summed E-state index contributed by atoms with van der Waals surface area (Å²) in [4.78, 5) is 0. The zero-order valence-electron chi connectivity index (χ0n) is 12.6. The Balaban J connectivity index is 1.86. The Bertz CT molecular complexity index is 550. The van der Waals surface area contributed by atoms with Crippen molar-refractivity contribution >= 4 is 10.0 Å².